The van der Waals surface area contributed by atoms with E-state index in [2.05, 4.69) is 5.32 Å². The van der Waals surface area contributed by atoms with Gasteiger partial charge in [0, 0.05) is 29.0 Å². The third kappa shape index (κ3) is 5.28. The van der Waals surface area contributed by atoms with Crippen LogP contribution < -0.4 is 19.5 Å². The summed E-state index contributed by atoms with van der Waals surface area (Å²) in [5.41, 5.74) is 4.37. The number of Topliss-reactive ketones (excluding diaryl/α,β-unsaturated/α-hetero) is 1. The first-order valence-electron chi connectivity index (χ1n) is 13.2. The van der Waals surface area contributed by atoms with Crippen LogP contribution in [0.2, 0.25) is 0 Å². The number of hydrogen-bond donors (Lipinski definition) is 1. The van der Waals surface area contributed by atoms with Gasteiger partial charge in [-0.3, -0.25) is 4.79 Å². The lowest BCUT2D eigenvalue weighted by atomic mass is 9.71. The van der Waals surface area contributed by atoms with Crippen LogP contribution in [0, 0.1) is 0 Å². The Morgan fingerprint density at radius 1 is 1.03 bits per heavy atom. The van der Waals surface area contributed by atoms with Crippen LogP contribution in [0.4, 0.5) is 0 Å². The molecule has 7 nitrogen and oxygen atoms in total. The maximum absolute atomic E-state index is 13.9. The van der Waals surface area contributed by atoms with Crippen molar-refractivity contribution >= 4 is 11.8 Å². The fourth-order valence-electron chi connectivity index (χ4n) is 5.30. The number of dihydropyridines is 1. The van der Waals surface area contributed by atoms with Crippen molar-refractivity contribution in [2.45, 2.75) is 64.9 Å². The second-order valence-electron chi connectivity index (χ2n) is 9.73. The van der Waals surface area contributed by atoms with Crippen LogP contribution in [0.1, 0.15) is 69.9 Å². The van der Waals surface area contributed by atoms with E-state index in [1.165, 1.54) is 0 Å². The summed E-state index contributed by atoms with van der Waals surface area (Å²) in [6, 6.07) is 13.4. The van der Waals surface area contributed by atoms with E-state index in [-0.39, 0.29) is 17.8 Å². The zero-order valence-electron chi connectivity index (χ0n) is 23.1. The second kappa shape index (κ2) is 11.8. The molecular formula is C31H37NO6. The van der Waals surface area contributed by atoms with Crippen molar-refractivity contribution in [1.82, 2.24) is 5.32 Å². The Balaban J connectivity index is 1.80. The lowest BCUT2D eigenvalue weighted by Gasteiger charge is -2.37. The summed E-state index contributed by atoms with van der Waals surface area (Å²) < 4.78 is 22.6. The normalized spacial score (nSPS) is 19.9. The third-order valence-corrected chi connectivity index (χ3v) is 7.34. The summed E-state index contributed by atoms with van der Waals surface area (Å²) in [4.78, 5) is 27.4. The van der Waals surface area contributed by atoms with E-state index in [9.17, 15) is 9.59 Å². The zero-order valence-corrected chi connectivity index (χ0v) is 23.1. The standard InChI is InChI=1S/C31H37NO6/c1-7-18(3)38-31(34)28-19(4)32-23-15-21(20-13-14-26(35-5)27(17-20)36-6)16-24(33)30(23)29(28)22-11-9-10-12-25(22)37-8-2/h9-14,17-18,21,29,32H,7-8,15-16H2,1-6H3/t18-,21+,29-/m0/s1. The van der Waals surface area contributed by atoms with Crippen molar-refractivity contribution in [2.75, 3.05) is 20.8 Å². The first-order valence-corrected chi connectivity index (χ1v) is 13.2. The molecule has 1 aliphatic carbocycles. The van der Waals surface area contributed by atoms with Gasteiger partial charge in [0.2, 0.25) is 0 Å². The minimum atomic E-state index is -0.579. The number of esters is 1. The van der Waals surface area contributed by atoms with Gasteiger partial charge in [-0.05, 0) is 63.3 Å². The molecule has 38 heavy (non-hydrogen) atoms. The molecule has 0 amide bonds. The van der Waals surface area contributed by atoms with Gasteiger partial charge in [-0.15, -0.1) is 0 Å². The SMILES string of the molecule is CCOc1ccccc1[C@H]1C(C(=O)O[C@@H](C)CC)=C(C)NC2=C1C(=O)C[C@H](c1ccc(OC)c(OC)c1)C2. The maximum atomic E-state index is 13.9. The van der Waals surface area contributed by atoms with Crippen LogP contribution in [0.25, 0.3) is 0 Å². The largest absolute Gasteiger partial charge is 0.494 e. The van der Waals surface area contributed by atoms with Gasteiger partial charge in [0.05, 0.1) is 38.4 Å². The second-order valence-corrected chi connectivity index (χ2v) is 9.73. The lowest BCUT2D eigenvalue weighted by Crippen LogP contribution is -2.36. The summed E-state index contributed by atoms with van der Waals surface area (Å²) in [5.74, 6) is 0.888. The predicted molar refractivity (Wildman–Crippen MR) is 146 cm³/mol. The lowest BCUT2D eigenvalue weighted by molar-refractivity contribution is -0.144. The number of rotatable bonds is 9. The topological polar surface area (TPSA) is 83.1 Å². The smallest absolute Gasteiger partial charge is 0.337 e. The number of methoxy groups -OCH3 is 2. The molecule has 0 saturated carbocycles. The molecule has 0 radical (unpaired) electrons. The Bertz CT molecular complexity index is 1280. The van der Waals surface area contributed by atoms with Crippen LogP contribution in [0.15, 0.2) is 65.0 Å². The first kappa shape index (κ1) is 27.3. The third-order valence-electron chi connectivity index (χ3n) is 7.34. The highest BCUT2D eigenvalue weighted by Crippen LogP contribution is 2.48. The fraction of sp³-hybridized carbons (Fsp3) is 0.419. The molecule has 0 bridgehead atoms. The number of allylic oxidation sites excluding steroid dienone is 3. The molecule has 0 fully saturated rings. The van der Waals surface area contributed by atoms with Crippen molar-refractivity contribution in [3.05, 3.63) is 76.1 Å². The van der Waals surface area contributed by atoms with E-state index in [4.69, 9.17) is 18.9 Å². The van der Waals surface area contributed by atoms with Gasteiger partial charge >= 0.3 is 5.97 Å². The number of nitrogens with one attached hydrogen (secondary N) is 1. The molecular weight excluding hydrogens is 482 g/mol. The molecule has 1 aliphatic heterocycles. The number of carbonyl (C=O) groups excluding carboxylic acids is 2. The van der Waals surface area contributed by atoms with Gasteiger partial charge in [0.25, 0.3) is 0 Å². The molecule has 7 heteroatoms. The summed E-state index contributed by atoms with van der Waals surface area (Å²) in [5, 5.41) is 3.41. The van der Waals surface area contributed by atoms with Crippen molar-refractivity contribution in [3.63, 3.8) is 0 Å². The van der Waals surface area contributed by atoms with Crippen LogP contribution >= 0.6 is 0 Å². The van der Waals surface area contributed by atoms with Crippen LogP contribution in [0.5, 0.6) is 17.2 Å². The van der Waals surface area contributed by atoms with Crippen molar-refractivity contribution in [1.29, 1.82) is 0 Å². The highest BCUT2D eigenvalue weighted by atomic mass is 16.5. The zero-order chi connectivity index (χ0) is 27.4. The van der Waals surface area contributed by atoms with Gasteiger partial charge in [0.15, 0.2) is 17.3 Å². The van der Waals surface area contributed by atoms with Gasteiger partial charge in [-0.25, -0.2) is 4.79 Å². The van der Waals surface area contributed by atoms with Gasteiger partial charge < -0.3 is 24.3 Å². The highest BCUT2D eigenvalue weighted by molar-refractivity contribution is 6.04. The quantitative estimate of drug-likeness (QED) is 0.419. The summed E-state index contributed by atoms with van der Waals surface area (Å²) in [7, 11) is 3.20. The molecule has 1 N–H and O–H groups in total. The molecule has 1 heterocycles. The molecule has 2 aromatic carbocycles. The summed E-state index contributed by atoms with van der Waals surface area (Å²) >= 11 is 0. The van der Waals surface area contributed by atoms with E-state index >= 15 is 0 Å². The van der Waals surface area contributed by atoms with Crippen molar-refractivity contribution in [3.8, 4) is 17.2 Å². The Morgan fingerprint density at radius 2 is 1.76 bits per heavy atom. The maximum Gasteiger partial charge on any atom is 0.337 e. The van der Waals surface area contributed by atoms with E-state index in [1.54, 1.807) is 14.2 Å². The fourth-order valence-corrected chi connectivity index (χ4v) is 5.30. The first-order chi connectivity index (χ1) is 18.3. The molecule has 0 saturated heterocycles. The average molecular weight is 520 g/mol. The number of ether oxygens (including phenoxy) is 4. The number of para-hydroxylation sites is 1. The van der Waals surface area contributed by atoms with Crippen LogP contribution in [-0.2, 0) is 14.3 Å². The monoisotopic (exact) mass is 519 g/mol. The Hall–Kier alpha value is -3.74. The number of hydrogen-bond acceptors (Lipinski definition) is 7. The Morgan fingerprint density at radius 3 is 2.45 bits per heavy atom. The molecule has 2 aliphatic rings. The highest BCUT2D eigenvalue weighted by Gasteiger charge is 2.42. The Labute approximate surface area is 224 Å². The van der Waals surface area contributed by atoms with Gasteiger partial charge in [-0.1, -0.05) is 31.2 Å². The van der Waals surface area contributed by atoms with E-state index in [0.29, 0.717) is 60.0 Å². The molecule has 0 unspecified atom stereocenters. The summed E-state index contributed by atoms with van der Waals surface area (Å²) in [6.45, 7) is 8.11. The van der Waals surface area contributed by atoms with Gasteiger partial charge in [-0.2, -0.15) is 0 Å². The molecule has 0 aromatic heterocycles. The van der Waals surface area contributed by atoms with Crippen LogP contribution in [-0.4, -0.2) is 38.7 Å². The van der Waals surface area contributed by atoms with Crippen molar-refractivity contribution in [2.24, 2.45) is 0 Å². The molecule has 4 rings (SSSR count). The van der Waals surface area contributed by atoms with E-state index in [0.717, 1.165) is 16.8 Å². The Kier molecular flexibility index (Phi) is 8.45. The van der Waals surface area contributed by atoms with Gasteiger partial charge in [0.1, 0.15) is 5.75 Å². The predicted octanol–water partition coefficient (Wildman–Crippen LogP) is 5.81. The molecule has 2 aromatic rings. The van der Waals surface area contributed by atoms with E-state index < -0.39 is 11.9 Å². The number of ketones is 1. The minimum Gasteiger partial charge on any atom is -0.494 e. The minimum absolute atomic E-state index is 0.00354. The van der Waals surface area contributed by atoms with Crippen molar-refractivity contribution < 1.29 is 28.5 Å². The summed E-state index contributed by atoms with van der Waals surface area (Å²) in [6.07, 6.45) is 1.40. The number of carbonyl (C=O) groups is 2. The molecule has 0 spiro atoms. The molecule has 202 valence electrons. The molecule has 3 atom stereocenters. The van der Waals surface area contributed by atoms with E-state index in [1.807, 2.05) is 70.2 Å². The average Bonchev–Trinajstić information content (AvgIpc) is 2.92. The van der Waals surface area contributed by atoms with Crippen LogP contribution in [0.3, 0.4) is 0 Å². The number of benzene rings is 2.